The average molecular weight is 666 g/mol. The van der Waals surface area contributed by atoms with Crippen LogP contribution in [0.3, 0.4) is 0 Å². The Kier molecular flexibility index (Phi) is 9.44. The van der Waals surface area contributed by atoms with Crippen LogP contribution in [0.25, 0.3) is 11.3 Å². The summed E-state index contributed by atoms with van der Waals surface area (Å²) in [6.07, 6.45) is 7.15. The summed E-state index contributed by atoms with van der Waals surface area (Å²) in [7, 11) is -2.15. The van der Waals surface area contributed by atoms with Crippen LogP contribution in [0.1, 0.15) is 90.1 Å². The third-order valence-corrected chi connectivity index (χ3v) is 14.1. The van der Waals surface area contributed by atoms with Crippen molar-refractivity contribution < 1.29 is 14.0 Å². The fraction of sp³-hybridized carbons (Fsp3) is 0.514. The van der Waals surface area contributed by atoms with Crippen LogP contribution in [0, 0.1) is 28.6 Å². The van der Waals surface area contributed by atoms with Gasteiger partial charge in [0.25, 0.3) is 0 Å². The lowest BCUT2D eigenvalue weighted by molar-refractivity contribution is 0.0575. The Hall–Kier alpha value is -4.32. The summed E-state index contributed by atoms with van der Waals surface area (Å²) in [6.45, 7) is 19.3. The van der Waals surface area contributed by atoms with Crippen LogP contribution in [0.4, 0.5) is 22.1 Å². The van der Waals surface area contributed by atoms with Crippen molar-refractivity contribution in [2.45, 2.75) is 103 Å². The van der Waals surface area contributed by atoms with Crippen LogP contribution in [0.15, 0.2) is 36.7 Å². The monoisotopic (exact) mass is 665 g/mol. The molecule has 0 radical (unpaired) electrons. The van der Waals surface area contributed by atoms with E-state index in [1.54, 1.807) is 35.5 Å². The van der Waals surface area contributed by atoms with Crippen LogP contribution in [-0.2, 0) is 21.0 Å². The van der Waals surface area contributed by atoms with Gasteiger partial charge >= 0.3 is 6.09 Å². The largest absolute Gasteiger partial charge is 0.443 e. The van der Waals surface area contributed by atoms with Gasteiger partial charge in [-0.2, -0.15) is 10.5 Å². The molecule has 0 unspecified atom stereocenters. The van der Waals surface area contributed by atoms with Crippen LogP contribution < -0.4 is 10.2 Å². The van der Waals surface area contributed by atoms with Gasteiger partial charge in [-0.3, -0.25) is 9.88 Å². The summed E-state index contributed by atoms with van der Waals surface area (Å²) in [6, 6.07) is 11.9. The Bertz CT molecular complexity index is 1790. The Morgan fingerprint density at radius 2 is 1.83 bits per heavy atom. The van der Waals surface area contributed by atoms with E-state index in [1.807, 2.05) is 26.8 Å². The van der Waals surface area contributed by atoms with E-state index < -0.39 is 25.4 Å². The number of aryl methyl sites for hydroxylation is 1. The van der Waals surface area contributed by atoms with E-state index in [9.17, 15) is 15.3 Å². The van der Waals surface area contributed by atoms with Gasteiger partial charge in [-0.05, 0) is 87.5 Å². The van der Waals surface area contributed by atoms with Crippen molar-refractivity contribution in [3.05, 3.63) is 59.0 Å². The second-order valence-corrected chi connectivity index (χ2v) is 20.7. The molecule has 1 atom stereocenters. The van der Waals surface area contributed by atoms with E-state index in [1.165, 1.54) is 12.8 Å². The lowest BCUT2D eigenvalue weighted by Crippen LogP contribution is -2.46. The predicted molar refractivity (Wildman–Crippen MR) is 190 cm³/mol. The molecule has 11 heteroatoms. The highest BCUT2D eigenvalue weighted by Crippen LogP contribution is 2.47. The molecule has 1 aliphatic carbocycles. The van der Waals surface area contributed by atoms with Gasteiger partial charge in [-0.1, -0.05) is 40.5 Å². The molecule has 3 heterocycles. The number of aromatic nitrogens is 3. The van der Waals surface area contributed by atoms with Crippen LogP contribution in [0.5, 0.6) is 0 Å². The van der Waals surface area contributed by atoms with Gasteiger partial charge in [-0.15, -0.1) is 0 Å². The fourth-order valence-electron chi connectivity index (χ4n) is 5.59. The van der Waals surface area contributed by atoms with E-state index in [-0.39, 0.29) is 5.04 Å². The van der Waals surface area contributed by atoms with Crippen LogP contribution in [0.2, 0.25) is 18.1 Å². The molecule has 48 heavy (non-hydrogen) atoms. The fourth-order valence-corrected chi connectivity index (χ4v) is 6.71. The van der Waals surface area contributed by atoms with E-state index in [0.29, 0.717) is 47.3 Å². The van der Waals surface area contributed by atoms with Crippen LogP contribution in [-0.4, -0.2) is 48.1 Å². The Morgan fingerprint density at radius 1 is 1.10 bits per heavy atom. The third kappa shape index (κ3) is 7.69. The maximum absolute atomic E-state index is 13.6. The number of benzene rings is 1. The number of ether oxygens (including phenoxy) is 1. The van der Waals surface area contributed by atoms with Gasteiger partial charge < -0.3 is 14.5 Å². The van der Waals surface area contributed by atoms with E-state index in [4.69, 9.17) is 14.1 Å². The van der Waals surface area contributed by atoms with Gasteiger partial charge in [0.15, 0.2) is 8.32 Å². The number of amides is 1. The highest BCUT2D eigenvalue weighted by atomic mass is 28.4. The highest BCUT2D eigenvalue weighted by molar-refractivity contribution is 6.74. The van der Waals surface area contributed by atoms with E-state index in [2.05, 4.69) is 68.2 Å². The van der Waals surface area contributed by atoms with Crippen molar-refractivity contribution in [2.75, 3.05) is 23.4 Å². The van der Waals surface area contributed by atoms with Gasteiger partial charge in [0.05, 0.1) is 33.9 Å². The number of carbonyl (C=O) groups is 1. The van der Waals surface area contributed by atoms with Crippen molar-refractivity contribution in [1.82, 2.24) is 15.0 Å². The van der Waals surface area contributed by atoms with Gasteiger partial charge in [0, 0.05) is 36.5 Å². The van der Waals surface area contributed by atoms with Crippen LogP contribution >= 0.6 is 0 Å². The van der Waals surface area contributed by atoms with E-state index >= 15 is 0 Å². The number of fused-ring (bicyclic) bond motifs is 1. The Labute approximate surface area is 285 Å². The van der Waals surface area contributed by atoms with Crippen molar-refractivity contribution >= 4 is 31.7 Å². The van der Waals surface area contributed by atoms with E-state index in [0.717, 1.165) is 35.6 Å². The molecule has 0 bridgehead atoms. The zero-order valence-corrected chi connectivity index (χ0v) is 30.7. The SMILES string of the molecule is CC(C)(C)OC(=O)N1C[C@](C)(CO[Si](C)(C)C(C)(C)C)c2cc(-c3ccnc(Nc4cc(C#N)cnc4CCC4CC4)n3)cc(C#N)c21. The number of hydrogen-bond acceptors (Lipinski definition) is 9. The minimum Gasteiger partial charge on any atom is -0.443 e. The zero-order chi connectivity index (χ0) is 35.1. The van der Waals surface area contributed by atoms with Crippen molar-refractivity contribution in [1.29, 1.82) is 10.5 Å². The minimum absolute atomic E-state index is 0.000288. The first-order chi connectivity index (χ1) is 22.4. The molecule has 1 amide bonds. The molecule has 0 saturated heterocycles. The predicted octanol–water partition coefficient (Wildman–Crippen LogP) is 8.40. The Balaban J connectivity index is 1.54. The number of carbonyl (C=O) groups excluding carboxylic acids is 1. The van der Waals surface area contributed by atoms with Crippen molar-refractivity contribution in [3.63, 3.8) is 0 Å². The topological polar surface area (TPSA) is 137 Å². The number of anilines is 3. The van der Waals surface area contributed by atoms with Gasteiger partial charge in [0.2, 0.25) is 5.95 Å². The molecule has 2 aliphatic rings. The summed E-state index contributed by atoms with van der Waals surface area (Å²) in [5.41, 5.74) is 3.78. The minimum atomic E-state index is -2.15. The zero-order valence-electron chi connectivity index (χ0n) is 29.7. The highest BCUT2D eigenvalue weighted by Gasteiger charge is 2.47. The van der Waals surface area contributed by atoms with Gasteiger partial charge in [-0.25, -0.2) is 14.8 Å². The first-order valence-corrected chi connectivity index (χ1v) is 19.6. The molecule has 1 saturated carbocycles. The smallest absolute Gasteiger partial charge is 0.414 e. The molecule has 10 nitrogen and oxygen atoms in total. The number of hydrogen-bond donors (Lipinski definition) is 1. The number of nitrogens with one attached hydrogen (secondary N) is 1. The molecule has 1 aromatic carbocycles. The molecule has 1 N–H and O–H groups in total. The molecule has 5 rings (SSSR count). The summed E-state index contributed by atoms with van der Waals surface area (Å²) >= 11 is 0. The maximum atomic E-state index is 13.6. The molecule has 1 fully saturated rings. The number of rotatable bonds is 9. The molecule has 3 aromatic rings. The summed E-state index contributed by atoms with van der Waals surface area (Å²) in [5.74, 6) is 1.10. The second-order valence-electron chi connectivity index (χ2n) is 15.9. The first kappa shape index (κ1) is 35.0. The van der Waals surface area contributed by atoms with Crippen molar-refractivity contribution in [2.24, 2.45) is 5.92 Å². The third-order valence-electron chi connectivity index (χ3n) is 9.61. The van der Waals surface area contributed by atoms with Gasteiger partial charge in [0.1, 0.15) is 17.7 Å². The molecule has 252 valence electrons. The molecular weight excluding hydrogens is 619 g/mol. The lowest BCUT2D eigenvalue weighted by atomic mass is 9.83. The molecule has 2 aromatic heterocycles. The average Bonchev–Trinajstić information content (AvgIpc) is 3.80. The number of pyridine rings is 1. The number of nitriles is 2. The quantitative estimate of drug-likeness (QED) is 0.223. The van der Waals surface area contributed by atoms with Crippen molar-refractivity contribution in [3.8, 4) is 23.4 Å². The normalized spacial score (nSPS) is 17.8. The summed E-state index contributed by atoms with van der Waals surface area (Å²) < 4.78 is 12.6. The number of nitrogens with zero attached hydrogens (tertiary/aromatic N) is 6. The first-order valence-electron chi connectivity index (χ1n) is 16.7. The molecular formula is C37H47N7O3Si. The Morgan fingerprint density at radius 3 is 2.46 bits per heavy atom. The second kappa shape index (κ2) is 12.9. The molecule has 1 aliphatic heterocycles. The summed E-state index contributed by atoms with van der Waals surface area (Å²) in [4.78, 5) is 29.1. The maximum Gasteiger partial charge on any atom is 0.414 e. The summed E-state index contributed by atoms with van der Waals surface area (Å²) in [5, 5.41) is 23.3. The molecule has 0 spiro atoms. The lowest BCUT2D eigenvalue weighted by Gasteiger charge is -2.39. The standard InChI is InChI=1S/C37H47N7O3Si/c1-35(2,3)47-34(45)44-22-37(7,23-46-48(8,9)36(4,5)6)28-18-26(17-27(20-39)32(28)44)29-14-15-40-33(42-29)43-31-16-25(19-38)21-41-30(31)13-12-24-10-11-24/h14-18,21,24H,10-13,22-23H2,1-9H3,(H,40,42,43)/t37-/m1/s1.